The molecule has 0 aliphatic heterocycles. The standard InChI is InChI=1S/C13H18N4S/c1-4-17(12-8-6-5-7-10(12)2)9-11-13(14-3)18-16-15-11/h5-8,14H,4,9H2,1-3H3. The molecule has 0 aliphatic carbocycles. The van der Waals surface area contributed by atoms with Crippen LogP contribution in [0.15, 0.2) is 24.3 Å². The number of hydrogen-bond acceptors (Lipinski definition) is 5. The van der Waals surface area contributed by atoms with Crippen LogP contribution in [0.5, 0.6) is 0 Å². The van der Waals surface area contributed by atoms with Gasteiger partial charge in [-0.1, -0.05) is 22.7 Å². The second-order valence-corrected chi connectivity index (χ2v) is 4.85. The van der Waals surface area contributed by atoms with Gasteiger partial charge in [0.05, 0.1) is 6.54 Å². The smallest absolute Gasteiger partial charge is 0.134 e. The molecule has 0 spiro atoms. The minimum absolute atomic E-state index is 0.786. The summed E-state index contributed by atoms with van der Waals surface area (Å²) in [6, 6.07) is 8.42. The van der Waals surface area contributed by atoms with Gasteiger partial charge >= 0.3 is 0 Å². The minimum atomic E-state index is 0.786. The molecule has 18 heavy (non-hydrogen) atoms. The highest BCUT2D eigenvalue weighted by atomic mass is 32.1. The highest BCUT2D eigenvalue weighted by molar-refractivity contribution is 7.10. The monoisotopic (exact) mass is 262 g/mol. The predicted octanol–water partition coefficient (Wildman–Crippen LogP) is 2.91. The van der Waals surface area contributed by atoms with Crippen molar-refractivity contribution in [1.82, 2.24) is 9.59 Å². The topological polar surface area (TPSA) is 41.1 Å². The molecule has 2 aromatic rings. The van der Waals surface area contributed by atoms with Gasteiger partial charge in [0, 0.05) is 30.8 Å². The number of aryl methyl sites for hydroxylation is 1. The maximum atomic E-state index is 4.19. The highest BCUT2D eigenvalue weighted by Crippen LogP contribution is 2.24. The van der Waals surface area contributed by atoms with Gasteiger partial charge in [0.15, 0.2) is 0 Å². The van der Waals surface area contributed by atoms with E-state index in [-0.39, 0.29) is 0 Å². The van der Waals surface area contributed by atoms with E-state index in [4.69, 9.17) is 0 Å². The van der Waals surface area contributed by atoms with Gasteiger partial charge in [0.1, 0.15) is 10.7 Å². The number of hydrogen-bond donors (Lipinski definition) is 1. The summed E-state index contributed by atoms with van der Waals surface area (Å²) in [5.74, 6) is 0. The van der Waals surface area contributed by atoms with Crippen LogP contribution in [0.3, 0.4) is 0 Å². The highest BCUT2D eigenvalue weighted by Gasteiger charge is 2.12. The summed E-state index contributed by atoms with van der Waals surface area (Å²) in [5.41, 5.74) is 3.55. The molecule has 4 nitrogen and oxygen atoms in total. The lowest BCUT2D eigenvalue weighted by Gasteiger charge is -2.24. The number of nitrogens with zero attached hydrogens (tertiary/aromatic N) is 3. The molecule has 0 amide bonds. The van der Waals surface area contributed by atoms with Gasteiger partial charge in [0.2, 0.25) is 0 Å². The zero-order valence-corrected chi connectivity index (χ0v) is 11.8. The molecule has 1 aromatic heterocycles. The Bertz CT molecular complexity index is 509. The summed E-state index contributed by atoms with van der Waals surface area (Å²) >= 11 is 1.40. The van der Waals surface area contributed by atoms with E-state index in [1.165, 1.54) is 22.8 Å². The van der Waals surface area contributed by atoms with Crippen LogP contribution < -0.4 is 10.2 Å². The Labute approximate surface area is 112 Å². The second kappa shape index (κ2) is 5.82. The predicted molar refractivity (Wildman–Crippen MR) is 77.4 cm³/mol. The average Bonchev–Trinajstić information content (AvgIpc) is 2.84. The molecule has 1 aromatic carbocycles. The molecule has 0 radical (unpaired) electrons. The zero-order valence-electron chi connectivity index (χ0n) is 11.0. The summed E-state index contributed by atoms with van der Waals surface area (Å²) in [6.45, 7) is 6.03. The molecule has 0 aliphatic rings. The van der Waals surface area contributed by atoms with Crippen molar-refractivity contribution in [2.45, 2.75) is 20.4 Å². The maximum absolute atomic E-state index is 4.19. The van der Waals surface area contributed by atoms with E-state index < -0.39 is 0 Å². The van der Waals surface area contributed by atoms with Gasteiger partial charge in [-0.25, -0.2) is 0 Å². The van der Waals surface area contributed by atoms with Crippen molar-refractivity contribution >= 4 is 22.2 Å². The van der Waals surface area contributed by atoms with E-state index in [9.17, 15) is 0 Å². The molecule has 1 heterocycles. The fourth-order valence-corrected chi connectivity index (χ4v) is 2.49. The van der Waals surface area contributed by atoms with E-state index in [0.717, 1.165) is 23.8 Å². The largest absolute Gasteiger partial charge is 0.377 e. The van der Waals surface area contributed by atoms with Crippen LogP contribution in [0, 0.1) is 6.92 Å². The van der Waals surface area contributed by atoms with Crippen molar-refractivity contribution in [2.24, 2.45) is 0 Å². The van der Waals surface area contributed by atoms with Crippen LogP contribution in [0.25, 0.3) is 0 Å². The third-order valence-electron chi connectivity index (χ3n) is 2.96. The maximum Gasteiger partial charge on any atom is 0.134 e. The molecule has 0 saturated carbocycles. The van der Waals surface area contributed by atoms with Crippen LogP contribution in [0.2, 0.25) is 0 Å². The van der Waals surface area contributed by atoms with Crippen molar-refractivity contribution in [2.75, 3.05) is 23.8 Å². The summed E-state index contributed by atoms with van der Waals surface area (Å²) < 4.78 is 4.00. The van der Waals surface area contributed by atoms with Gasteiger partial charge in [-0.15, -0.1) is 5.10 Å². The van der Waals surface area contributed by atoms with Crippen molar-refractivity contribution in [3.8, 4) is 0 Å². The molecule has 0 bridgehead atoms. The SMILES string of the molecule is CCN(Cc1nnsc1NC)c1ccccc1C. The van der Waals surface area contributed by atoms with Crippen molar-refractivity contribution in [1.29, 1.82) is 0 Å². The first-order valence-corrected chi connectivity index (χ1v) is 6.83. The van der Waals surface area contributed by atoms with Crippen LogP contribution >= 0.6 is 11.5 Å². The summed E-state index contributed by atoms with van der Waals surface area (Å²) in [7, 11) is 1.91. The molecular formula is C13H18N4S. The number of nitrogens with one attached hydrogen (secondary N) is 1. The van der Waals surface area contributed by atoms with Gasteiger partial charge < -0.3 is 10.2 Å². The molecule has 0 atom stereocenters. The quantitative estimate of drug-likeness (QED) is 0.899. The Morgan fingerprint density at radius 3 is 2.78 bits per heavy atom. The third-order valence-corrected chi connectivity index (χ3v) is 3.75. The van der Waals surface area contributed by atoms with Crippen molar-refractivity contribution in [3.63, 3.8) is 0 Å². The van der Waals surface area contributed by atoms with E-state index >= 15 is 0 Å². The number of benzene rings is 1. The van der Waals surface area contributed by atoms with Crippen molar-refractivity contribution < 1.29 is 0 Å². The third kappa shape index (κ3) is 2.61. The molecule has 96 valence electrons. The molecular weight excluding hydrogens is 244 g/mol. The molecule has 1 N–H and O–H groups in total. The van der Waals surface area contributed by atoms with Crippen LogP contribution in [0.4, 0.5) is 10.7 Å². The van der Waals surface area contributed by atoms with E-state index in [0.29, 0.717) is 0 Å². The van der Waals surface area contributed by atoms with Gasteiger partial charge in [-0.2, -0.15) is 0 Å². The Kier molecular flexibility index (Phi) is 4.15. The normalized spacial score (nSPS) is 10.4. The number of para-hydroxylation sites is 1. The zero-order chi connectivity index (χ0) is 13.0. The summed E-state index contributed by atoms with van der Waals surface area (Å²) in [4.78, 5) is 2.31. The first-order chi connectivity index (χ1) is 8.76. The summed E-state index contributed by atoms with van der Waals surface area (Å²) in [6.07, 6.45) is 0. The number of rotatable bonds is 5. The fraction of sp³-hybridized carbons (Fsp3) is 0.385. The van der Waals surface area contributed by atoms with E-state index in [1.54, 1.807) is 0 Å². The van der Waals surface area contributed by atoms with E-state index in [2.05, 4.69) is 57.9 Å². The first kappa shape index (κ1) is 12.8. The molecule has 0 saturated heterocycles. The number of anilines is 2. The second-order valence-electron chi connectivity index (χ2n) is 4.10. The van der Waals surface area contributed by atoms with Crippen LogP contribution in [0.1, 0.15) is 18.2 Å². The van der Waals surface area contributed by atoms with Gasteiger partial charge in [-0.05, 0) is 25.5 Å². The summed E-state index contributed by atoms with van der Waals surface area (Å²) in [5, 5.41) is 8.38. The van der Waals surface area contributed by atoms with Crippen LogP contribution in [-0.2, 0) is 6.54 Å². The Morgan fingerprint density at radius 1 is 1.33 bits per heavy atom. The average molecular weight is 262 g/mol. The Hall–Kier alpha value is -1.62. The lowest BCUT2D eigenvalue weighted by Crippen LogP contribution is -2.23. The molecule has 2 rings (SSSR count). The molecule has 0 fully saturated rings. The van der Waals surface area contributed by atoms with Gasteiger partial charge in [0.25, 0.3) is 0 Å². The van der Waals surface area contributed by atoms with E-state index in [1.807, 2.05) is 7.05 Å². The lowest BCUT2D eigenvalue weighted by atomic mass is 10.2. The van der Waals surface area contributed by atoms with Gasteiger partial charge in [-0.3, -0.25) is 0 Å². The first-order valence-electron chi connectivity index (χ1n) is 6.05. The fourth-order valence-electron chi connectivity index (χ4n) is 1.97. The molecule has 5 heteroatoms. The van der Waals surface area contributed by atoms with Crippen molar-refractivity contribution in [3.05, 3.63) is 35.5 Å². The Balaban J connectivity index is 2.23. The lowest BCUT2D eigenvalue weighted by molar-refractivity contribution is 0.801. The molecule has 0 unspecified atom stereocenters. The minimum Gasteiger partial charge on any atom is -0.377 e. The Morgan fingerprint density at radius 2 is 2.11 bits per heavy atom. The number of aromatic nitrogens is 2. The van der Waals surface area contributed by atoms with Crippen LogP contribution in [-0.4, -0.2) is 23.2 Å².